The molecule has 2 aliphatic rings. The second kappa shape index (κ2) is 3.46. The van der Waals surface area contributed by atoms with E-state index in [1.54, 1.807) is 0 Å². The number of nitrogens with zero attached hydrogens (tertiary/aromatic N) is 1. The molecule has 0 bridgehead atoms. The zero-order valence-electron chi connectivity index (χ0n) is 9.03. The van der Waals surface area contributed by atoms with Crippen molar-refractivity contribution in [2.45, 2.75) is 13.3 Å². The van der Waals surface area contributed by atoms with Crippen LogP contribution < -0.4 is 5.32 Å². The fraction of sp³-hybridized carbons (Fsp3) is 0.462. The van der Waals surface area contributed by atoms with Crippen molar-refractivity contribution in [1.29, 1.82) is 0 Å². The minimum Gasteiger partial charge on any atom is -0.316 e. The first kappa shape index (κ1) is 9.10. The van der Waals surface area contributed by atoms with E-state index in [0.717, 1.165) is 18.4 Å². The zero-order chi connectivity index (χ0) is 10.3. The largest absolute Gasteiger partial charge is 0.316 e. The van der Waals surface area contributed by atoms with Crippen LogP contribution in [0.2, 0.25) is 0 Å². The summed E-state index contributed by atoms with van der Waals surface area (Å²) < 4.78 is 0. The van der Waals surface area contributed by atoms with Crippen molar-refractivity contribution >= 4 is 5.57 Å². The van der Waals surface area contributed by atoms with Gasteiger partial charge in [0.25, 0.3) is 0 Å². The van der Waals surface area contributed by atoms with Gasteiger partial charge in [-0.2, -0.15) is 0 Å². The van der Waals surface area contributed by atoms with Gasteiger partial charge >= 0.3 is 0 Å². The molecule has 1 fully saturated rings. The van der Waals surface area contributed by atoms with Crippen LogP contribution in [0.1, 0.15) is 17.5 Å². The average Bonchev–Trinajstić information content (AvgIpc) is 2.76. The fourth-order valence-electron chi connectivity index (χ4n) is 2.73. The van der Waals surface area contributed by atoms with Gasteiger partial charge in [0.05, 0.1) is 0 Å². The summed E-state index contributed by atoms with van der Waals surface area (Å²) in [6.07, 6.45) is 7.58. The molecule has 2 heterocycles. The topological polar surface area (TPSA) is 24.9 Å². The van der Waals surface area contributed by atoms with Gasteiger partial charge in [0.2, 0.25) is 0 Å². The quantitative estimate of drug-likeness (QED) is 0.750. The smallest absolute Gasteiger partial charge is 0.0343 e. The van der Waals surface area contributed by atoms with Crippen LogP contribution in [0.15, 0.2) is 24.5 Å². The Balaban J connectivity index is 1.90. The van der Waals surface area contributed by atoms with E-state index in [2.05, 4.69) is 29.4 Å². The summed E-state index contributed by atoms with van der Waals surface area (Å²) in [6.45, 7) is 4.45. The summed E-state index contributed by atoms with van der Waals surface area (Å²) in [4.78, 5) is 4.27. The van der Waals surface area contributed by atoms with Crippen molar-refractivity contribution in [1.82, 2.24) is 10.3 Å². The maximum atomic E-state index is 4.27. The SMILES string of the molecule is Cc1cncc(C2=CC3CNCC3C2)c1. The molecule has 78 valence electrons. The monoisotopic (exact) mass is 200 g/mol. The van der Waals surface area contributed by atoms with E-state index >= 15 is 0 Å². The molecule has 0 radical (unpaired) electrons. The second-order valence-corrected chi connectivity index (χ2v) is 4.73. The standard InChI is InChI=1S/C13H16N2/c1-9-2-11(6-14-5-9)10-3-12-7-15-8-13(12)4-10/h2-3,5-6,12-13,15H,4,7-8H2,1H3. The van der Waals surface area contributed by atoms with E-state index < -0.39 is 0 Å². The third kappa shape index (κ3) is 1.59. The lowest BCUT2D eigenvalue weighted by Crippen LogP contribution is -2.09. The van der Waals surface area contributed by atoms with Gasteiger partial charge in [-0.25, -0.2) is 0 Å². The lowest BCUT2D eigenvalue weighted by molar-refractivity contribution is 0.536. The third-order valence-electron chi connectivity index (χ3n) is 3.54. The Labute approximate surface area is 90.4 Å². The molecule has 1 aliphatic carbocycles. The van der Waals surface area contributed by atoms with Crippen molar-refractivity contribution in [2.75, 3.05) is 13.1 Å². The molecule has 3 rings (SSSR count). The van der Waals surface area contributed by atoms with Gasteiger partial charge < -0.3 is 5.32 Å². The highest BCUT2D eigenvalue weighted by Gasteiger charge is 2.31. The Bertz CT molecular complexity index is 409. The molecule has 2 unspecified atom stereocenters. The Kier molecular flexibility index (Phi) is 2.10. The molecule has 2 atom stereocenters. The molecular formula is C13H16N2. The first-order valence-electron chi connectivity index (χ1n) is 5.66. The van der Waals surface area contributed by atoms with Crippen molar-refractivity contribution in [3.8, 4) is 0 Å². The van der Waals surface area contributed by atoms with Crippen LogP contribution in [0, 0.1) is 18.8 Å². The van der Waals surface area contributed by atoms with Crippen molar-refractivity contribution in [2.24, 2.45) is 11.8 Å². The van der Waals surface area contributed by atoms with Gasteiger partial charge in [0, 0.05) is 18.9 Å². The first-order valence-corrected chi connectivity index (χ1v) is 5.66. The molecule has 0 aromatic carbocycles. The summed E-state index contributed by atoms with van der Waals surface area (Å²) in [5.41, 5.74) is 4.08. The lowest BCUT2D eigenvalue weighted by atomic mass is 9.98. The first-order chi connectivity index (χ1) is 7.33. The van der Waals surface area contributed by atoms with E-state index in [1.165, 1.54) is 29.7 Å². The third-order valence-corrected chi connectivity index (χ3v) is 3.54. The van der Waals surface area contributed by atoms with Gasteiger partial charge in [-0.1, -0.05) is 6.08 Å². The van der Waals surface area contributed by atoms with Crippen molar-refractivity contribution in [3.63, 3.8) is 0 Å². The number of pyridine rings is 1. The number of allylic oxidation sites excluding steroid dienone is 1. The Hall–Kier alpha value is -1.15. The maximum Gasteiger partial charge on any atom is 0.0343 e. The van der Waals surface area contributed by atoms with E-state index in [1.807, 2.05) is 12.4 Å². The normalized spacial score (nSPS) is 29.0. The predicted octanol–water partition coefficient (Wildman–Crippen LogP) is 2.01. The maximum absolute atomic E-state index is 4.27. The van der Waals surface area contributed by atoms with Gasteiger partial charge in [0.15, 0.2) is 0 Å². The molecule has 0 saturated carbocycles. The number of rotatable bonds is 1. The summed E-state index contributed by atoms with van der Waals surface area (Å²) in [5, 5.41) is 3.45. The minimum atomic E-state index is 0.764. The highest BCUT2D eigenvalue weighted by atomic mass is 14.9. The Morgan fingerprint density at radius 2 is 2.27 bits per heavy atom. The highest BCUT2D eigenvalue weighted by molar-refractivity contribution is 5.68. The molecule has 1 aromatic rings. The molecule has 1 saturated heterocycles. The molecule has 2 nitrogen and oxygen atoms in total. The van der Waals surface area contributed by atoms with Gasteiger partial charge in [0.1, 0.15) is 0 Å². The van der Waals surface area contributed by atoms with E-state index in [9.17, 15) is 0 Å². The fourth-order valence-corrected chi connectivity index (χ4v) is 2.73. The number of fused-ring (bicyclic) bond motifs is 1. The summed E-state index contributed by atoms with van der Waals surface area (Å²) in [5.74, 6) is 1.60. The number of hydrogen-bond donors (Lipinski definition) is 1. The van der Waals surface area contributed by atoms with Crippen LogP contribution in [0.4, 0.5) is 0 Å². The van der Waals surface area contributed by atoms with E-state index in [4.69, 9.17) is 0 Å². The van der Waals surface area contributed by atoms with E-state index in [0.29, 0.717) is 0 Å². The zero-order valence-corrected chi connectivity index (χ0v) is 9.03. The average molecular weight is 200 g/mol. The second-order valence-electron chi connectivity index (χ2n) is 4.73. The van der Waals surface area contributed by atoms with Crippen LogP contribution >= 0.6 is 0 Å². The lowest BCUT2D eigenvalue weighted by Gasteiger charge is -2.06. The predicted molar refractivity (Wildman–Crippen MR) is 61.4 cm³/mol. The van der Waals surface area contributed by atoms with Gasteiger partial charge in [-0.15, -0.1) is 0 Å². The van der Waals surface area contributed by atoms with Crippen molar-refractivity contribution in [3.05, 3.63) is 35.7 Å². The highest BCUT2D eigenvalue weighted by Crippen LogP contribution is 2.37. The number of nitrogens with one attached hydrogen (secondary N) is 1. The molecule has 1 aliphatic heterocycles. The van der Waals surface area contributed by atoms with Crippen LogP contribution in [-0.2, 0) is 0 Å². The molecule has 1 aromatic heterocycles. The van der Waals surface area contributed by atoms with Crippen LogP contribution in [0.25, 0.3) is 5.57 Å². The number of hydrogen-bond acceptors (Lipinski definition) is 2. The minimum absolute atomic E-state index is 0.764. The molecule has 0 amide bonds. The van der Waals surface area contributed by atoms with Crippen LogP contribution in [0.3, 0.4) is 0 Å². The van der Waals surface area contributed by atoms with Gasteiger partial charge in [-0.05, 0) is 54.5 Å². The van der Waals surface area contributed by atoms with Crippen LogP contribution in [-0.4, -0.2) is 18.1 Å². The van der Waals surface area contributed by atoms with Gasteiger partial charge in [-0.3, -0.25) is 4.98 Å². The molecule has 2 heteroatoms. The molecule has 1 N–H and O–H groups in total. The van der Waals surface area contributed by atoms with Crippen LogP contribution in [0.5, 0.6) is 0 Å². The van der Waals surface area contributed by atoms with Crippen molar-refractivity contribution < 1.29 is 0 Å². The molecule has 15 heavy (non-hydrogen) atoms. The number of aryl methyl sites for hydroxylation is 1. The Morgan fingerprint density at radius 3 is 3.07 bits per heavy atom. The van der Waals surface area contributed by atoms with E-state index in [-0.39, 0.29) is 0 Å². The Morgan fingerprint density at radius 1 is 1.33 bits per heavy atom. The summed E-state index contributed by atoms with van der Waals surface area (Å²) >= 11 is 0. The molecular weight excluding hydrogens is 184 g/mol. The number of aromatic nitrogens is 1. The summed E-state index contributed by atoms with van der Waals surface area (Å²) in [7, 11) is 0. The molecule has 0 spiro atoms. The summed E-state index contributed by atoms with van der Waals surface area (Å²) in [6, 6.07) is 2.24.